The van der Waals surface area contributed by atoms with Gasteiger partial charge < -0.3 is 14.2 Å². The Labute approximate surface area is 208 Å². The van der Waals surface area contributed by atoms with Crippen molar-refractivity contribution in [2.24, 2.45) is 14.1 Å². The number of fused-ring (bicyclic) bond motifs is 2. The molecule has 1 saturated heterocycles. The summed E-state index contributed by atoms with van der Waals surface area (Å²) in [6.07, 6.45) is 0.906. The first-order valence-electron chi connectivity index (χ1n) is 12.1. The zero-order valence-corrected chi connectivity index (χ0v) is 21.1. The molecule has 1 fully saturated rings. The van der Waals surface area contributed by atoms with Crippen molar-refractivity contribution in [3.05, 3.63) is 68.3 Å². The van der Waals surface area contributed by atoms with Gasteiger partial charge in [-0.1, -0.05) is 19.6 Å². The van der Waals surface area contributed by atoms with Crippen LogP contribution in [0.15, 0.2) is 44.3 Å². The lowest BCUT2D eigenvalue weighted by molar-refractivity contribution is 0.106. The van der Waals surface area contributed by atoms with Crippen LogP contribution >= 0.6 is 0 Å². The van der Waals surface area contributed by atoms with E-state index in [1.54, 1.807) is 26.2 Å². The molecule has 4 aromatic rings. The van der Waals surface area contributed by atoms with Gasteiger partial charge in [0.2, 0.25) is 5.52 Å². The Balaban J connectivity index is 1.51. The first-order valence-corrected chi connectivity index (χ1v) is 12.1. The monoisotopic (exact) mass is 487 g/mol. The molecule has 4 heterocycles. The molecule has 1 aliphatic rings. The van der Waals surface area contributed by atoms with Crippen LogP contribution in [0, 0.1) is 6.57 Å². The molecule has 0 saturated carbocycles. The van der Waals surface area contributed by atoms with Crippen molar-refractivity contribution in [1.29, 1.82) is 0 Å². The van der Waals surface area contributed by atoms with Crippen molar-refractivity contribution < 1.29 is 4.42 Å². The van der Waals surface area contributed by atoms with E-state index >= 15 is 0 Å². The third-order valence-corrected chi connectivity index (χ3v) is 7.46. The van der Waals surface area contributed by atoms with Gasteiger partial charge >= 0.3 is 11.4 Å². The highest BCUT2D eigenvalue weighted by Gasteiger charge is 2.36. The van der Waals surface area contributed by atoms with Gasteiger partial charge in [-0.05, 0) is 50.1 Å². The molecule has 10 heteroatoms. The predicted octanol–water partition coefficient (Wildman–Crippen LogP) is 3.37. The van der Waals surface area contributed by atoms with Gasteiger partial charge in [0, 0.05) is 45.3 Å². The number of hydrogen-bond acceptors (Lipinski definition) is 7. The molecule has 0 amide bonds. The minimum Gasteiger partial charge on any atom is -0.408 e. The van der Waals surface area contributed by atoms with Crippen LogP contribution in [0.2, 0.25) is 0 Å². The van der Waals surface area contributed by atoms with E-state index in [1.165, 1.54) is 9.13 Å². The van der Waals surface area contributed by atoms with Crippen molar-refractivity contribution in [3.8, 4) is 0 Å². The molecule has 10 nitrogen and oxygen atoms in total. The quantitative estimate of drug-likeness (QED) is 0.408. The summed E-state index contributed by atoms with van der Waals surface area (Å²) >= 11 is 0. The molecule has 0 spiro atoms. The summed E-state index contributed by atoms with van der Waals surface area (Å²) in [5.41, 5.74) is 3.36. The highest BCUT2D eigenvalue weighted by Crippen LogP contribution is 2.33. The Bertz CT molecular complexity index is 1630. The number of benzene rings is 1. The molecule has 5 rings (SSSR count). The van der Waals surface area contributed by atoms with Crippen LogP contribution in [0.3, 0.4) is 0 Å². The second-order valence-corrected chi connectivity index (χ2v) is 9.52. The number of anilines is 1. The molecule has 0 aliphatic carbocycles. The fourth-order valence-corrected chi connectivity index (χ4v) is 5.25. The standard InChI is InChI=1S/C26H29N7O3/c1-7-18-14-32(24-23-19(30(5)25(34)29-24)9-11-22(27-4)28-23)15(2)13-33(18)16(3)17-8-10-21-20(12-17)31(6)26(35)36-21/h8-12,15-16,18H,7,13-14H2,1-3,5-6H3/t15-,16?,18+/m0/s1. The van der Waals surface area contributed by atoms with E-state index in [1.807, 2.05) is 18.2 Å². The molecular formula is C26H29N7O3. The van der Waals surface area contributed by atoms with E-state index in [2.05, 4.69) is 45.4 Å². The van der Waals surface area contributed by atoms with Crippen LogP contribution in [-0.2, 0) is 14.1 Å². The van der Waals surface area contributed by atoms with E-state index < -0.39 is 0 Å². The van der Waals surface area contributed by atoms with Gasteiger partial charge in [0.05, 0.1) is 11.0 Å². The molecule has 0 bridgehead atoms. The highest BCUT2D eigenvalue weighted by molar-refractivity contribution is 5.87. The van der Waals surface area contributed by atoms with Gasteiger partial charge in [0.1, 0.15) is 0 Å². The van der Waals surface area contributed by atoms with Gasteiger partial charge in [-0.15, -0.1) is 4.98 Å². The zero-order valence-electron chi connectivity index (χ0n) is 21.1. The molecule has 1 aromatic carbocycles. The molecular weight excluding hydrogens is 458 g/mol. The van der Waals surface area contributed by atoms with Gasteiger partial charge in [-0.2, -0.15) is 4.98 Å². The summed E-state index contributed by atoms with van der Waals surface area (Å²) in [5.74, 6) is 0.444. The molecule has 3 aromatic heterocycles. The smallest absolute Gasteiger partial charge is 0.408 e. The summed E-state index contributed by atoms with van der Waals surface area (Å²) < 4.78 is 8.30. The fourth-order valence-electron chi connectivity index (χ4n) is 5.25. The number of aromatic nitrogens is 4. The first kappa shape index (κ1) is 23.8. The molecule has 1 unspecified atom stereocenters. The van der Waals surface area contributed by atoms with E-state index in [0.717, 1.165) is 24.0 Å². The summed E-state index contributed by atoms with van der Waals surface area (Å²) in [4.78, 5) is 41.7. The number of rotatable bonds is 4. The maximum Gasteiger partial charge on any atom is 0.419 e. The van der Waals surface area contributed by atoms with Crippen LogP contribution in [0.4, 0.5) is 11.6 Å². The molecule has 186 valence electrons. The van der Waals surface area contributed by atoms with Gasteiger partial charge in [-0.3, -0.25) is 14.0 Å². The fraction of sp³-hybridized carbons (Fsp3) is 0.423. The SMILES string of the molecule is [C-]#[N+]c1ccc2c(n1)c(N1C[C@@H](CC)N(C(C)c3ccc4oc(=O)n(C)c4c3)C[C@@H]1C)nc(=O)n2C. The van der Waals surface area contributed by atoms with Crippen molar-refractivity contribution >= 4 is 33.8 Å². The van der Waals surface area contributed by atoms with Gasteiger partial charge in [-0.25, -0.2) is 9.59 Å². The number of pyridine rings is 1. The summed E-state index contributed by atoms with van der Waals surface area (Å²) in [5, 5.41) is 0. The average molecular weight is 488 g/mol. The lowest BCUT2D eigenvalue weighted by Gasteiger charge is -2.48. The van der Waals surface area contributed by atoms with Crippen LogP contribution in [0.1, 0.15) is 38.8 Å². The average Bonchev–Trinajstić information content (AvgIpc) is 3.17. The Hall–Kier alpha value is -3.97. The van der Waals surface area contributed by atoms with Crippen molar-refractivity contribution in [3.63, 3.8) is 0 Å². The lowest BCUT2D eigenvalue weighted by Crippen LogP contribution is -2.58. The second-order valence-electron chi connectivity index (χ2n) is 9.52. The summed E-state index contributed by atoms with van der Waals surface area (Å²) in [6, 6.07) is 9.66. The number of hydrogen-bond donors (Lipinski definition) is 0. The minimum atomic E-state index is -0.368. The highest BCUT2D eigenvalue weighted by atomic mass is 16.4. The van der Waals surface area contributed by atoms with Crippen molar-refractivity contribution in [2.45, 2.75) is 45.3 Å². The molecule has 1 aliphatic heterocycles. The number of piperazine rings is 1. The van der Waals surface area contributed by atoms with E-state index in [9.17, 15) is 9.59 Å². The minimum absolute atomic E-state index is 0.0541. The maximum absolute atomic E-state index is 12.7. The second kappa shape index (κ2) is 8.91. The largest absolute Gasteiger partial charge is 0.419 e. The van der Waals surface area contributed by atoms with Crippen molar-refractivity contribution in [2.75, 3.05) is 18.0 Å². The van der Waals surface area contributed by atoms with Crippen LogP contribution < -0.4 is 16.3 Å². The normalized spacial score (nSPS) is 19.6. The molecule has 0 N–H and O–H groups in total. The first-order chi connectivity index (χ1) is 17.2. The third-order valence-electron chi connectivity index (χ3n) is 7.46. The molecule has 3 atom stereocenters. The number of oxazole rings is 1. The van der Waals surface area contributed by atoms with E-state index in [-0.39, 0.29) is 35.4 Å². The number of aryl methyl sites for hydroxylation is 2. The Morgan fingerprint density at radius 1 is 1.11 bits per heavy atom. The van der Waals surface area contributed by atoms with Crippen LogP contribution in [0.5, 0.6) is 0 Å². The summed E-state index contributed by atoms with van der Waals surface area (Å²) in [7, 11) is 3.39. The topological polar surface area (TPSA) is 93.8 Å². The Kier molecular flexibility index (Phi) is 5.88. The van der Waals surface area contributed by atoms with Crippen LogP contribution in [-0.4, -0.2) is 49.2 Å². The molecule has 0 radical (unpaired) electrons. The Morgan fingerprint density at radius 2 is 1.89 bits per heavy atom. The Morgan fingerprint density at radius 3 is 2.61 bits per heavy atom. The number of nitrogens with zero attached hydrogens (tertiary/aromatic N) is 7. The van der Waals surface area contributed by atoms with Gasteiger partial charge in [0.15, 0.2) is 11.4 Å². The third kappa shape index (κ3) is 3.76. The predicted molar refractivity (Wildman–Crippen MR) is 139 cm³/mol. The zero-order chi connectivity index (χ0) is 25.7. The maximum atomic E-state index is 12.7. The molecule has 36 heavy (non-hydrogen) atoms. The lowest BCUT2D eigenvalue weighted by atomic mass is 9.98. The van der Waals surface area contributed by atoms with Crippen molar-refractivity contribution in [1.82, 2.24) is 24.0 Å². The van der Waals surface area contributed by atoms with E-state index in [4.69, 9.17) is 11.0 Å². The van der Waals surface area contributed by atoms with E-state index in [0.29, 0.717) is 29.0 Å². The van der Waals surface area contributed by atoms with Gasteiger partial charge in [0.25, 0.3) is 5.82 Å². The van der Waals surface area contributed by atoms with Crippen LogP contribution in [0.25, 0.3) is 27.0 Å². The summed E-state index contributed by atoms with van der Waals surface area (Å²) in [6.45, 7) is 15.3.